The molecule has 21 heavy (non-hydrogen) atoms. The summed E-state index contributed by atoms with van der Waals surface area (Å²) in [6.07, 6.45) is -6.28. The van der Waals surface area contributed by atoms with Crippen molar-refractivity contribution in [2.75, 3.05) is 0 Å². The number of aliphatic hydroxyl groups excluding tert-OH is 1. The van der Waals surface area contributed by atoms with Gasteiger partial charge < -0.3 is 9.84 Å². The van der Waals surface area contributed by atoms with E-state index in [1.54, 1.807) is 6.92 Å². The molecule has 0 saturated carbocycles. The second-order valence-corrected chi connectivity index (χ2v) is 4.50. The second kappa shape index (κ2) is 5.73. The highest BCUT2D eigenvalue weighted by Gasteiger charge is 2.33. The van der Waals surface area contributed by atoms with Crippen molar-refractivity contribution < 1.29 is 27.4 Å². The van der Waals surface area contributed by atoms with E-state index < -0.39 is 24.0 Å². The van der Waals surface area contributed by atoms with Gasteiger partial charge >= 0.3 is 6.36 Å². The lowest BCUT2D eigenvalue weighted by molar-refractivity contribution is -0.275. The standard InChI is InChI=1S/C15H12F4O2/c1-9-6-7-10(8-12(9)16)14(20)11-4-2-3-5-13(11)21-15(17,18)19/h2-8,14,20H,1H3. The molecule has 0 fully saturated rings. The van der Waals surface area contributed by atoms with Crippen LogP contribution in [0.25, 0.3) is 0 Å². The molecule has 0 aliphatic heterocycles. The molecule has 112 valence electrons. The Bertz CT molecular complexity index is 638. The predicted molar refractivity (Wildman–Crippen MR) is 68.3 cm³/mol. The van der Waals surface area contributed by atoms with Crippen molar-refractivity contribution in [3.63, 3.8) is 0 Å². The van der Waals surface area contributed by atoms with Gasteiger partial charge in [0.15, 0.2) is 0 Å². The summed E-state index contributed by atoms with van der Waals surface area (Å²) in [7, 11) is 0. The lowest BCUT2D eigenvalue weighted by atomic mass is 9.99. The molecule has 1 N–H and O–H groups in total. The third kappa shape index (κ3) is 3.72. The van der Waals surface area contributed by atoms with Gasteiger partial charge in [-0.05, 0) is 30.2 Å². The maximum absolute atomic E-state index is 13.5. The van der Waals surface area contributed by atoms with Gasteiger partial charge in [-0.2, -0.15) is 0 Å². The van der Waals surface area contributed by atoms with E-state index in [0.29, 0.717) is 5.56 Å². The number of para-hydroxylation sites is 1. The Labute approximate surface area is 118 Å². The molecular weight excluding hydrogens is 288 g/mol. The lowest BCUT2D eigenvalue weighted by Crippen LogP contribution is -2.18. The van der Waals surface area contributed by atoms with E-state index in [-0.39, 0.29) is 11.1 Å². The smallest absolute Gasteiger partial charge is 0.405 e. The lowest BCUT2D eigenvalue weighted by Gasteiger charge is -2.17. The molecule has 0 aliphatic rings. The summed E-state index contributed by atoms with van der Waals surface area (Å²) in [5.41, 5.74) is 0.445. The molecule has 2 rings (SSSR count). The topological polar surface area (TPSA) is 29.5 Å². The Morgan fingerprint density at radius 3 is 2.38 bits per heavy atom. The molecule has 0 heterocycles. The number of ether oxygens (including phenoxy) is 1. The van der Waals surface area contributed by atoms with Gasteiger partial charge in [-0.3, -0.25) is 0 Å². The molecule has 0 saturated heterocycles. The Morgan fingerprint density at radius 1 is 1.10 bits per heavy atom. The third-order valence-electron chi connectivity index (χ3n) is 2.95. The van der Waals surface area contributed by atoms with E-state index in [0.717, 1.165) is 12.1 Å². The zero-order valence-electron chi connectivity index (χ0n) is 11.0. The Hall–Kier alpha value is -2.08. The summed E-state index contributed by atoms with van der Waals surface area (Å²) in [6, 6.07) is 9.19. The molecule has 0 radical (unpaired) electrons. The van der Waals surface area contributed by atoms with Crippen LogP contribution in [0.5, 0.6) is 5.75 Å². The van der Waals surface area contributed by atoms with E-state index in [2.05, 4.69) is 4.74 Å². The summed E-state index contributed by atoms with van der Waals surface area (Å²) in [5, 5.41) is 10.2. The van der Waals surface area contributed by atoms with Crippen molar-refractivity contribution in [3.05, 3.63) is 65.0 Å². The Balaban J connectivity index is 2.38. The molecule has 0 aliphatic carbocycles. The maximum Gasteiger partial charge on any atom is 0.573 e. The average molecular weight is 300 g/mol. The number of benzene rings is 2. The van der Waals surface area contributed by atoms with Crippen LogP contribution >= 0.6 is 0 Å². The number of aliphatic hydroxyl groups is 1. The highest BCUT2D eigenvalue weighted by molar-refractivity contribution is 5.41. The quantitative estimate of drug-likeness (QED) is 0.864. The van der Waals surface area contributed by atoms with Crippen LogP contribution in [0.4, 0.5) is 17.6 Å². The highest BCUT2D eigenvalue weighted by Crippen LogP contribution is 2.33. The van der Waals surface area contributed by atoms with Crippen LogP contribution in [-0.2, 0) is 0 Å². The minimum absolute atomic E-state index is 0.0851. The summed E-state index contributed by atoms with van der Waals surface area (Å²) in [4.78, 5) is 0. The first-order valence-electron chi connectivity index (χ1n) is 6.07. The van der Waals surface area contributed by atoms with Gasteiger partial charge in [0.05, 0.1) is 0 Å². The van der Waals surface area contributed by atoms with Crippen LogP contribution in [0.2, 0.25) is 0 Å². The van der Waals surface area contributed by atoms with Crippen molar-refractivity contribution >= 4 is 0 Å². The summed E-state index contributed by atoms with van der Waals surface area (Å²) >= 11 is 0. The van der Waals surface area contributed by atoms with Crippen LogP contribution in [0.1, 0.15) is 22.8 Å². The Kier molecular flexibility index (Phi) is 4.18. The van der Waals surface area contributed by atoms with Crippen molar-refractivity contribution in [3.8, 4) is 5.75 Å². The first-order chi connectivity index (χ1) is 9.78. The van der Waals surface area contributed by atoms with E-state index in [1.807, 2.05) is 0 Å². The predicted octanol–water partition coefficient (Wildman–Crippen LogP) is 4.11. The van der Waals surface area contributed by atoms with Crippen LogP contribution < -0.4 is 4.74 Å². The van der Waals surface area contributed by atoms with Gasteiger partial charge in [-0.25, -0.2) is 4.39 Å². The fourth-order valence-electron chi connectivity index (χ4n) is 1.88. The summed E-state index contributed by atoms with van der Waals surface area (Å²) < 4.78 is 54.4. The zero-order valence-corrected chi connectivity index (χ0v) is 11.0. The first kappa shape index (κ1) is 15.3. The minimum atomic E-state index is -4.87. The minimum Gasteiger partial charge on any atom is -0.405 e. The number of hydrogen-bond acceptors (Lipinski definition) is 2. The van der Waals surface area contributed by atoms with Gasteiger partial charge in [0.2, 0.25) is 0 Å². The van der Waals surface area contributed by atoms with Crippen LogP contribution in [0, 0.1) is 12.7 Å². The first-order valence-corrected chi connectivity index (χ1v) is 6.07. The molecule has 0 spiro atoms. The van der Waals surface area contributed by atoms with E-state index >= 15 is 0 Å². The van der Waals surface area contributed by atoms with Crippen molar-refractivity contribution in [2.45, 2.75) is 19.4 Å². The van der Waals surface area contributed by atoms with E-state index in [4.69, 9.17) is 0 Å². The van der Waals surface area contributed by atoms with Crippen LogP contribution in [0.15, 0.2) is 42.5 Å². The highest BCUT2D eigenvalue weighted by atomic mass is 19.4. The van der Waals surface area contributed by atoms with Crippen molar-refractivity contribution in [1.29, 1.82) is 0 Å². The van der Waals surface area contributed by atoms with Gasteiger partial charge in [-0.1, -0.05) is 30.3 Å². The van der Waals surface area contributed by atoms with Crippen LogP contribution in [0.3, 0.4) is 0 Å². The van der Waals surface area contributed by atoms with Crippen molar-refractivity contribution in [1.82, 2.24) is 0 Å². The zero-order chi connectivity index (χ0) is 15.6. The van der Waals surface area contributed by atoms with Crippen molar-refractivity contribution in [2.24, 2.45) is 0 Å². The second-order valence-electron chi connectivity index (χ2n) is 4.50. The number of rotatable bonds is 3. The Morgan fingerprint density at radius 2 is 1.76 bits per heavy atom. The molecule has 0 amide bonds. The average Bonchev–Trinajstić information content (AvgIpc) is 2.40. The summed E-state index contributed by atoms with van der Waals surface area (Å²) in [5.74, 6) is -1.06. The molecule has 6 heteroatoms. The largest absolute Gasteiger partial charge is 0.573 e. The molecule has 2 aromatic rings. The molecule has 2 aromatic carbocycles. The molecule has 0 bridgehead atoms. The molecule has 2 nitrogen and oxygen atoms in total. The monoisotopic (exact) mass is 300 g/mol. The normalized spacial score (nSPS) is 13.0. The fraction of sp³-hybridized carbons (Fsp3) is 0.200. The molecule has 1 unspecified atom stereocenters. The molecule has 1 atom stereocenters. The van der Waals surface area contributed by atoms with Gasteiger partial charge in [-0.15, -0.1) is 13.2 Å². The number of halogens is 4. The maximum atomic E-state index is 13.5. The van der Waals surface area contributed by atoms with Gasteiger partial charge in [0.25, 0.3) is 0 Å². The third-order valence-corrected chi connectivity index (χ3v) is 2.95. The van der Waals surface area contributed by atoms with Gasteiger partial charge in [0.1, 0.15) is 17.7 Å². The number of aryl methyl sites for hydroxylation is 1. The van der Waals surface area contributed by atoms with E-state index in [1.165, 1.54) is 30.3 Å². The summed E-state index contributed by atoms with van der Waals surface area (Å²) in [6.45, 7) is 1.55. The van der Waals surface area contributed by atoms with Crippen LogP contribution in [-0.4, -0.2) is 11.5 Å². The fourth-order valence-corrected chi connectivity index (χ4v) is 1.88. The number of hydrogen-bond donors (Lipinski definition) is 1. The molecular formula is C15H12F4O2. The number of alkyl halides is 3. The van der Waals surface area contributed by atoms with E-state index in [9.17, 15) is 22.7 Å². The SMILES string of the molecule is Cc1ccc(C(O)c2ccccc2OC(F)(F)F)cc1F. The van der Waals surface area contributed by atoms with Gasteiger partial charge in [0, 0.05) is 5.56 Å². The molecule has 0 aromatic heterocycles.